The van der Waals surface area contributed by atoms with Crippen LogP contribution in [-0.2, 0) is 22.3 Å². The number of aromatic nitrogens is 2. The molecule has 18 heavy (non-hydrogen) atoms. The number of rotatable bonds is 5. The molecule has 96 valence electrons. The zero-order chi connectivity index (χ0) is 13.0. The molecule has 7 heteroatoms. The van der Waals surface area contributed by atoms with Crippen LogP contribution in [0.5, 0.6) is 0 Å². The second kappa shape index (κ2) is 5.19. The maximum Gasteiger partial charge on any atom is 0.213 e. The number of nitrogens with zero attached hydrogens (tertiary/aromatic N) is 1. The average Bonchev–Trinajstić information content (AvgIpc) is 2.79. The molecule has 0 aliphatic rings. The van der Waals surface area contributed by atoms with E-state index in [4.69, 9.17) is 5.14 Å². The molecule has 0 radical (unpaired) electrons. The standard InChI is InChI=1S/C11H14N4O2S/c12-18(16,17)7-9-1-3-10(4-2-9)14-6-11-5-13-8-15-11/h1-5,8,14H,6-7H2,(H,13,15)(H2,12,16,17). The van der Waals surface area contributed by atoms with Gasteiger partial charge in [0.25, 0.3) is 0 Å². The van der Waals surface area contributed by atoms with Crippen molar-refractivity contribution in [1.82, 2.24) is 9.97 Å². The Morgan fingerprint density at radius 2 is 2.00 bits per heavy atom. The van der Waals surface area contributed by atoms with E-state index >= 15 is 0 Å². The van der Waals surface area contributed by atoms with Crippen molar-refractivity contribution in [3.05, 3.63) is 48.0 Å². The minimum Gasteiger partial charge on any atom is -0.379 e. The summed E-state index contributed by atoms with van der Waals surface area (Å²) in [7, 11) is -3.47. The summed E-state index contributed by atoms with van der Waals surface area (Å²) in [4.78, 5) is 6.89. The van der Waals surface area contributed by atoms with Gasteiger partial charge >= 0.3 is 0 Å². The van der Waals surface area contributed by atoms with Gasteiger partial charge in [-0.1, -0.05) is 12.1 Å². The monoisotopic (exact) mass is 266 g/mol. The Bertz CT molecular complexity index is 590. The van der Waals surface area contributed by atoms with Crippen molar-refractivity contribution < 1.29 is 8.42 Å². The largest absolute Gasteiger partial charge is 0.379 e. The summed E-state index contributed by atoms with van der Waals surface area (Å²) >= 11 is 0. The van der Waals surface area contributed by atoms with Crippen molar-refractivity contribution in [3.63, 3.8) is 0 Å². The first-order valence-electron chi connectivity index (χ1n) is 5.33. The fourth-order valence-electron chi connectivity index (χ4n) is 1.53. The van der Waals surface area contributed by atoms with Gasteiger partial charge in [-0.15, -0.1) is 0 Å². The quantitative estimate of drug-likeness (QED) is 0.745. The highest BCUT2D eigenvalue weighted by molar-refractivity contribution is 7.88. The lowest BCUT2D eigenvalue weighted by molar-refractivity contribution is 0.597. The van der Waals surface area contributed by atoms with Crippen LogP contribution < -0.4 is 10.5 Å². The summed E-state index contributed by atoms with van der Waals surface area (Å²) in [6.07, 6.45) is 3.36. The topological polar surface area (TPSA) is 101 Å². The lowest BCUT2D eigenvalue weighted by Gasteiger charge is -2.06. The highest BCUT2D eigenvalue weighted by Crippen LogP contribution is 2.12. The fourth-order valence-corrected chi connectivity index (χ4v) is 2.19. The van der Waals surface area contributed by atoms with Crippen molar-refractivity contribution >= 4 is 15.7 Å². The van der Waals surface area contributed by atoms with Crippen LogP contribution in [0.2, 0.25) is 0 Å². The summed E-state index contributed by atoms with van der Waals surface area (Å²) < 4.78 is 21.8. The summed E-state index contributed by atoms with van der Waals surface area (Å²) in [6.45, 7) is 0.633. The van der Waals surface area contributed by atoms with E-state index in [0.717, 1.165) is 11.4 Å². The number of H-pyrrole nitrogens is 1. The van der Waals surface area contributed by atoms with Gasteiger partial charge in [0.2, 0.25) is 10.0 Å². The van der Waals surface area contributed by atoms with Crippen LogP contribution in [0.15, 0.2) is 36.8 Å². The second-order valence-electron chi connectivity index (χ2n) is 3.93. The molecule has 0 unspecified atom stereocenters. The van der Waals surface area contributed by atoms with E-state index in [1.165, 1.54) is 0 Å². The summed E-state index contributed by atoms with van der Waals surface area (Å²) in [6, 6.07) is 7.10. The van der Waals surface area contributed by atoms with Crippen LogP contribution in [-0.4, -0.2) is 18.4 Å². The Morgan fingerprint density at radius 3 is 2.56 bits per heavy atom. The van der Waals surface area contributed by atoms with Gasteiger partial charge in [-0.25, -0.2) is 18.5 Å². The van der Waals surface area contributed by atoms with Crippen molar-refractivity contribution in [2.45, 2.75) is 12.3 Å². The summed E-state index contributed by atoms with van der Waals surface area (Å²) in [5.74, 6) is -0.145. The molecule has 4 N–H and O–H groups in total. The lowest BCUT2D eigenvalue weighted by atomic mass is 10.2. The molecule has 0 aliphatic heterocycles. The van der Waals surface area contributed by atoms with Crippen LogP contribution >= 0.6 is 0 Å². The third-order valence-corrected chi connectivity index (χ3v) is 3.10. The minimum absolute atomic E-state index is 0.145. The maximum atomic E-state index is 10.9. The Hall–Kier alpha value is -1.86. The van der Waals surface area contributed by atoms with Gasteiger partial charge < -0.3 is 10.3 Å². The van der Waals surface area contributed by atoms with E-state index in [1.54, 1.807) is 24.7 Å². The Labute approximate surface area is 105 Å². The molecule has 0 saturated carbocycles. The number of benzene rings is 1. The molecule has 0 fully saturated rings. The Kier molecular flexibility index (Phi) is 3.63. The van der Waals surface area contributed by atoms with Crippen molar-refractivity contribution in [2.24, 2.45) is 5.14 Å². The molecular formula is C11H14N4O2S. The molecule has 1 heterocycles. The van der Waals surface area contributed by atoms with Crippen LogP contribution in [0.3, 0.4) is 0 Å². The van der Waals surface area contributed by atoms with Gasteiger partial charge in [-0.05, 0) is 17.7 Å². The van der Waals surface area contributed by atoms with E-state index in [1.807, 2.05) is 12.1 Å². The van der Waals surface area contributed by atoms with Crippen molar-refractivity contribution in [2.75, 3.05) is 5.32 Å². The predicted molar refractivity (Wildman–Crippen MR) is 69.2 cm³/mol. The molecule has 6 nitrogen and oxygen atoms in total. The molecule has 0 amide bonds. The number of nitrogens with one attached hydrogen (secondary N) is 2. The Balaban J connectivity index is 1.95. The molecule has 0 atom stereocenters. The van der Waals surface area contributed by atoms with Crippen LogP contribution in [0.25, 0.3) is 0 Å². The summed E-state index contributed by atoms with van der Waals surface area (Å²) in [5, 5.41) is 8.16. The normalized spacial score (nSPS) is 11.4. The molecule has 1 aromatic heterocycles. The molecule has 2 rings (SSSR count). The zero-order valence-electron chi connectivity index (χ0n) is 9.63. The van der Waals surface area contributed by atoms with E-state index in [9.17, 15) is 8.42 Å². The summed E-state index contributed by atoms with van der Waals surface area (Å²) in [5.41, 5.74) is 2.55. The van der Waals surface area contributed by atoms with E-state index in [-0.39, 0.29) is 5.75 Å². The number of nitrogens with two attached hydrogens (primary N) is 1. The maximum absolute atomic E-state index is 10.9. The average molecular weight is 266 g/mol. The van der Waals surface area contributed by atoms with Gasteiger partial charge in [-0.3, -0.25) is 0 Å². The van der Waals surface area contributed by atoms with Crippen LogP contribution in [0, 0.1) is 0 Å². The number of hydrogen-bond donors (Lipinski definition) is 3. The molecule has 2 aromatic rings. The first-order valence-corrected chi connectivity index (χ1v) is 7.05. The number of aromatic amines is 1. The molecular weight excluding hydrogens is 252 g/mol. The Morgan fingerprint density at radius 1 is 1.28 bits per heavy atom. The molecule has 0 aliphatic carbocycles. The van der Waals surface area contributed by atoms with Gasteiger partial charge in [0.15, 0.2) is 0 Å². The molecule has 0 bridgehead atoms. The highest BCUT2D eigenvalue weighted by atomic mass is 32.2. The van der Waals surface area contributed by atoms with E-state index in [2.05, 4.69) is 15.3 Å². The number of anilines is 1. The van der Waals surface area contributed by atoms with Crippen molar-refractivity contribution in [3.8, 4) is 0 Å². The van der Waals surface area contributed by atoms with Gasteiger partial charge in [-0.2, -0.15) is 0 Å². The highest BCUT2D eigenvalue weighted by Gasteiger charge is 2.04. The molecule has 1 aromatic carbocycles. The number of primary sulfonamides is 1. The predicted octanol–water partition coefficient (Wildman–Crippen LogP) is 0.810. The third-order valence-electron chi connectivity index (χ3n) is 2.36. The smallest absolute Gasteiger partial charge is 0.213 e. The van der Waals surface area contributed by atoms with E-state index < -0.39 is 10.0 Å². The van der Waals surface area contributed by atoms with Crippen LogP contribution in [0.4, 0.5) is 5.69 Å². The molecule has 0 spiro atoms. The number of imidazole rings is 1. The molecule has 0 saturated heterocycles. The minimum atomic E-state index is -3.47. The number of sulfonamides is 1. The number of hydrogen-bond acceptors (Lipinski definition) is 4. The first-order chi connectivity index (χ1) is 8.53. The van der Waals surface area contributed by atoms with E-state index in [0.29, 0.717) is 12.1 Å². The van der Waals surface area contributed by atoms with Gasteiger partial charge in [0, 0.05) is 11.9 Å². The first kappa shape index (κ1) is 12.6. The van der Waals surface area contributed by atoms with Gasteiger partial charge in [0.05, 0.1) is 24.3 Å². The lowest BCUT2D eigenvalue weighted by Crippen LogP contribution is -2.14. The SMILES string of the molecule is NS(=O)(=O)Cc1ccc(NCc2cnc[nH]2)cc1. The third kappa shape index (κ3) is 3.86. The second-order valence-corrected chi connectivity index (χ2v) is 5.55. The van der Waals surface area contributed by atoms with Crippen molar-refractivity contribution in [1.29, 1.82) is 0 Å². The fraction of sp³-hybridized carbons (Fsp3) is 0.182. The van der Waals surface area contributed by atoms with Gasteiger partial charge in [0.1, 0.15) is 0 Å². The van der Waals surface area contributed by atoms with Crippen LogP contribution in [0.1, 0.15) is 11.3 Å². The zero-order valence-corrected chi connectivity index (χ0v) is 10.4.